The lowest BCUT2D eigenvalue weighted by molar-refractivity contribution is -0.133. The zero-order valence-electron chi connectivity index (χ0n) is 13.8. The second kappa shape index (κ2) is 8.53. The zero-order valence-corrected chi connectivity index (χ0v) is 13.8. The van der Waals surface area contributed by atoms with E-state index < -0.39 is 6.04 Å². The molecule has 1 atom stereocenters. The van der Waals surface area contributed by atoms with Crippen LogP contribution in [-0.2, 0) is 9.53 Å². The van der Waals surface area contributed by atoms with Gasteiger partial charge < -0.3 is 19.9 Å². The number of benzene rings is 1. The summed E-state index contributed by atoms with van der Waals surface area (Å²) in [6.07, 6.45) is 0. The molecule has 1 N–H and O–H groups in total. The first-order valence-electron chi connectivity index (χ1n) is 8.14. The molecule has 3 amide bonds. The van der Waals surface area contributed by atoms with Crippen molar-refractivity contribution in [1.29, 1.82) is 0 Å². The number of hydrogen-bond donors (Lipinski definition) is 1. The van der Waals surface area contributed by atoms with Crippen LogP contribution in [0.25, 0.3) is 0 Å². The fourth-order valence-corrected chi connectivity index (χ4v) is 2.63. The molecule has 0 saturated carbocycles. The Morgan fingerprint density at radius 1 is 1.17 bits per heavy atom. The molecular formula is C17H25N3O3. The summed E-state index contributed by atoms with van der Waals surface area (Å²) in [4.78, 5) is 28.7. The molecule has 6 nitrogen and oxygen atoms in total. The number of amides is 3. The standard InChI is InChI=1S/C17H25N3O3/c1-3-19(4-2)16(21)15(14-8-6-5-7-9-14)18-17(22)20-10-12-23-13-11-20/h5-9,15H,3-4,10-13H2,1-2H3,(H,18,22)/t15-/m0/s1. The van der Waals surface area contributed by atoms with Crippen molar-refractivity contribution in [1.82, 2.24) is 15.1 Å². The Morgan fingerprint density at radius 3 is 2.35 bits per heavy atom. The van der Waals surface area contributed by atoms with E-state index in [-0.39, 0.29) is 11.9 Å². The third kappa shape index (κ3) is 4.45. The van der Waals surface area contributed by atoms with E-state index in [0.29, 0.717) is 39.4 Å². The third-order valence-corrected chi connectivity index (χ3v) is 4.02. The van der Waals surface area contributed by atoms with Gasteiger partial charge >= 0.3 is 6.03 Å². The van der Waals surface area contributed by atoms with E-state index in [2.05, 4.69) is 5.32 Å². The molecule has 0 aliphatic carbocycles. The second-order valence-electron chi connectivity index (χ2n) is 5.40. The summed E-state index contributed by atoms with van der Waals surface area (Å²) >= 11 is 0. The zero-order chi connectivity index (χ0) is 16.7. The third-order valence-electron chi connectivity index (χ3n) is 4.02. The molecule has 0 spiro atoms. The van der Waals surface area contributed by atoms with Crippen LogP contribution in [0.1, 0.15) is 25.5 Å². The molecule has 0 aromatic heterocycles. The van der Waals surface area contributed by atoms with E-state index in [4.69, 9.17) is 4.74 Å². The predicted octanol–water partition coefficient (Wildman–Crippen LogP) is 1.64. The molecule has 23 heavy (non-hydrogen) atoms. The van der Waals surface area contributed by atoms with Crippen molar-refractivity contribution in [2.24, 2.45) is 0 Å². The van der Waals surface area contributed by atoms with Crippen molar-refractivity contribution in [2.45, 2.75) is 19.9 Å². The SMILES string of the molecule is CCN(CC)C(=O)[C@@H](NC(=O)N1CCOCC1)c1ccccc1. The number of carbonyl (C=O) groups is 2. The van der Waals surface area contributed by atoms with Gasteiger partial charge in [-0.3, -0.25) is 4.79 Å². The highest BCUT2D eigenvalue weighted by Crippen LogP contribution is 2.16. The molecular weight excluding hydrogens is 294 g/mol. The average molecular weight is 319 g/mol. The maximum Gasteiger partial charge on any atom is 0.318 e. The van der Waals surface area contributed by atoms with Gasteiger partial charge in [-0.05, 0) is 19.4 Å². The number of rotatable bonds is 5. The summed E-state index contributed by atoms with van der Waals surface area (Å²) in [5.74, 6) is -0.0807. The molecule has 6 heteroatoms. The maximum atomic E-state index is 12.8. The van der Waals surface area contributed by atoms with Crippen LogP contribution in [0.4, 0.5) is 4.79 Å². The normalized spacial score (nSPS) is 15.8. The molecule has 0 radical (unpaired) electrons. The molecule has 0 bridgehead atoms. The van der Waals surface area contributed by atoms with Gasteiger partial charge in [0.15, 0.2) is 0 Å². The van der Waals surface area contributed by atoms with Crippen LogP contribution in [0.15, 0.2) is 30.3 Å². The van der Waals surface area contributed by atoms with Crippen LogP contribution < -0.4 is 5.32 Å². The monoisotopic (exact) mass is 319 g/mol. The highest BCUT2D eigenvalue weighted by atomic mass is 16.5. The number of hydrogen-bond acceptors (Lipinski definition) is 3. The minimum absolute atomic E-state index is 0.0807. The fraction of sp³-hybridized carbons (Fsp3) is 0.529. The molecule has 2 rings (SSSR count). The molecule has 1 aliphatic heterocycles. The van der Waals surface area contributed by atoms with Crippen molar-refractivity contribution in [3.05, 3.63) is 35.9 Å². The lowest BCUT2D eigenvalue weighted by Crippen LogP contribution is -2.50. The van der Waals surface area contributed by atoms with Crippen molar-refractivity contribution in [3.63, 3.8) is 0 Å². The topological polar surface area (TPSA) is 61.9 Å². The first-order chi connectivity index (χ1) is 11.2. The Kier molecular flexibility index (Phi) is 6.40. The van der Waals surface area contributed by atoms with E-state index in [1.807, 2.05) is 44.2 Å². The first kappa shape index (κ1) is 17.3. The second-order valence-corrected chi connectivity index (χ2v) is 5.40. The van der Waals surface area contributed by atoms with Crippen LogP contribution in [-0.4, -0.2) is 61.1 Å². The summed E-state index contributed by atoms with van der Waals surface area (Å²) in [6, 6.07) is 8.50. The number of likely N-dealkylation sites (N-methyl/N-ethyl adjacent to an activating group) is 1. The molecule has 0 unspecified atom stereocenters. The van der Waals surface area contributed by atoms with Gasteiger partial charge in [0, 0.05) is 26.2 Å². The smallest absolute Gasteiger partial charge is 0.318 e. The number of carbonyl (C=O) groups excluding carboxylic acids is 2. The van der Waals surface area contributed by atoms with Crippen LogP contribution in [0, 0.1) is 0 Å². The van der Waals surface area contributed by atoms with Crippen molar-refractivity contribution >= 4 is 11.9 Å². The van der Waals surface area contributed by atoms with Crippen LogP contribution >= 0.6 is 0 Å². The summed E-state index contributed by atoms with van der Waals surface area (Å²) in [5.41, 5.74) is 0.797. The van der Waals surface area contributed by atoms with Crippen molar-refractivity contribution in [2.75, 3.05) is 39.4 Å². The lowest BCUT2D eigenvalue weighted by Gasteiger charge is -2.31. The first-order valence-corrected chi connectivity index (χ1v) is 8.14. The van der Waals surface area contributed by atoms with E-state index in [9.17, 15) is 9.59 Å². The molecule has 1 saturated heterocycles. The van der Waals surface area contributed by atoms with Crippen LogP contribution in [0.2, 0.25) is 0 Å². The number of ether oxygens (including phenoxy) is 1. The van der Waals surface area contributed by atoms with Gasteiger partial charge in [-0.15, -0.1) is 0 Å². The summed E-state index contributed by atoms with van der Waals surface area (Å²) in [7, 11) is 0. The molecule has 126 valence electrons. The number of nitrogens with zero attached hydrogens (tertiary/aromatic N) is 2. The Hall–Kier alpha value is -2.08. The average Bonchev–Trinajstić information content (AvgIpc) is 2.62. The van der Waals surface area contributed by atoms with E-state index in [0.717, 1.165) is 5.56 Å². The van der Waals surface area contributed by atoms with Gasteiger partial charge in [-0.1, -0.05) is 30.3 Å². The predicted molar refractivity (Wildman–Crippen MR) is 88.0 cm³/mol. The van der Waals surface area contributed by atoms with Gasteiger partial charge in [0.1, 0.15) is 6.04 Å². The molecule has 1 fully saturated rings. The quantitative estimate of drug-likeness (QED) is 0.897. The Balaban J connectivity index is 2.16. The molecule has 1 heterocycles. The number of nitrogens with one attached hydrogen (secondary N) is 1. The van der Waals surface area contributed by atoms with Gasteiger partial charge in [-0.2, -0.15) is 0 Å². The van der Waals surface area contributed by atoms with Crippen molar-refractivity contribution < 1.29 is 14.3 Å². The van der Waals surface area contributed by atoms with Gasteiger partial charge in [0.2, 0.25) is 5.91 Å². The number of urea groups is 1. The summed E-state index contributed by atoms with van der Waals surface area (Å²) in [5, 5.41) is 2.89. The summed E-state index contributed by atoms with van der Waals surface area (Å²) < 4.78 is 5.26. The van der Waals surface area contributed by atoms with E-state index in [1.54, 1.807) is 9.80 Å². The van der Waals surface area contributed by atoms with Gasteiger partial charge in [0.25, 0.3) is 0 Å². The minimum Gasteiger partial charge on any atom is -0.378 e. The fourth-order valence-electron chi connectivity index (χ4n) is 2.63. The van der Waals surface area contributed by atoms with Crippen molar-refractivity contribution in [3.8, 4) is 0 Å². The lowest BCUT2D eigenvalue weighted by atomic mass is 10.1. The van der Waals surface area contributed by atoms with Gasteiger partial charge in [0.05, 0.1) is 13.2 Å². The van der Waals surface area contributed by atoms with Gasteiger partial charge in [-0.25, -0.2) is 4.79 Å². The molecule has 1 aliphatic rings. The highest BCUT2D eigenvalue weighted by molar-refractivity contribution is 5.88. The number of morpholine rings is 1. The van der Waals surface area contributed by atoms with Crippen LogP contribution in [0.3, 0.4) is 0 Å². The van der Waals surface area contributed by atoms with E-state index >= 15 is 0 Å². The summed E-state index contributed by atoms with van der Waals surface area (Å²) in [6.45, 7) is 7.28. The Morgan fingerprint density at radius 2 is 1.78 bits per heavy atom. The Bertz CT molecular complexity index is 511. The van der Waals surface area contributed by atoms with Crippen LogP contribution in [0.5, 0.6) is 0 Å². The minimum atomic E-state index is -0.661. The molecule has 1 aromatic rings. The molecule has 1 aromatic carbocycles. The maximum absolute atomic E-state index is 12.8. The highest BCUT2D eigenvalue weighted by Gasteiger charge is 2.28. The Labute approximate surface area is 137 Å². The van der Waals surface area contributed by atoms with E-state index in [1.165, 1.54) is 0 Å². The largest absolute Gasteiger partial charge is 0.378 e.